The summed E-state index contributed by atoms with van der Waals surface area (Å²) < 4.78 is 0. The third kappa shape index (κ3) is 2.06. The molecule has 1 saturated heterocycles. The van der Waals surface area contributed by atoms with Gasteiger partial charge in [0.15, 0.2) is 0 Å². The highest BCUT2D eigenvalue weighted by Gasteiger charge is 2.43. The van der Waals surface area contributed by atoms with Crippen LogP contribution in [-0.4, -0.2) is 34.9 Å². The van der Waals surface area contributed by atoms with Crippen LogP contribution in [0.3, 0.4) is 0 Å². The van der Waals surface area contributed by atoms with Crippen molar-refractivity contribution in [3.8, 4) is 0 Å². The van der Waals surface area contributed by atoms with Gasteiger partial charge in [-0.25, -0.2) is 0 Å². The summed E-state index contributed by atoms with van der Waals surface area (Å²) in [4.78, 5) is 24.7. The number of hydrogen-bond acceptors (Lipinski definition) is 4. The van der Waals surface area contributed by atoms with Crippen molar-refractivity contribution in [1.29, 1.82) is 0 Å². The van der Waals surface area contributed by atoms with Crippen LogP contribution in [0.4, 0.5) is 5.69 Å². The minimum absolute atomic E-state index is 0.126. The monoisotopic (exact) mass is 275 g/mol. The van der Waals surface area contributed by atoms with E-state index in [4.69, 9.17) is 5.73 Å². The molecule has 1 saturated carbocycles. The fraction of sp³-hybridized carbons (Fsp3) is 0.500. The fourth-order valence-electron chi connectivity index (χ4n) is 3.46. The highest BCUT2D eigenvalue weighted by atomic mass is 16.6. The molecule has 3 rings (SSSR count). The smallest absolute Gasteiger partial charge is 0.282 e. The Labute approximate surface area is 116 Å². The molecule has 2 aliphatic rings. The maximum absolute atomic E-state index is 12.5. The lowest BCUT2D eigenvalue weighted by atomic mass is 9.98. The van der Waals surface area contributed by atoms with Gasteiger partial charge in [0.25, 0.3) is 11.6 Å². The third-order valence-electron chi connectivity index (χ3n) is 4.53. The summed E-state index contributed by atoms with van der Waals surface area (Å²) in [5.41, 5.74) is 6.10. The summed E-state index contributed by atoms with van der Waals surface area (Å²) in [7, 11) is 0. The molecular weight excluding hydrogens is 258 g/mol. The number of carbonyl (C=O) groups is 1. The molecule has 6 nitrogen and oxygen atoms in total. The van der Waals surface area contributed by atoms with Crippen LogP contribution in [0.2, 0.25) is 0 Å². The zero-order valence-corrected chi connectivity index (χ0v) is 11.1. The van der Waals surface area contributed by atoms with Crippen molar-refractivity contribution in [2.45, 2.75) is 18.9 Å². The number of nitrogens with two attached hydrogens (primary N) is 1. The molecule has 106 valence electrons. The highest BCUT2D eigenvalue weighted by molar-refractivity contribution is 5.98. The van der Waals surface area contributed by atoms with Gasteiger partial charge in [-0.1, -0.05) is 12.1 Å². The topological polar surface area (TPSA) is 89.5 Å². The minimum atomic E-state index is -0.504. The first-order chi connectivity index (χ1) is 9.58. The minimum Gasteiger partial charge on any atom is -0.338 e. The van der Waals surface area contributed by atoms with E-state index in [1.54, 1.807) is 17.0 Å². The van der Waals surface area contributed by atoms with E-state index in [2.05, 4.69) is 0 Å². The molecule has 3 atom stereocenters. The first-order valence-corrected chi connectivity index (χ1v) is 6.86. The van der Waals surface area contributed by atoms with Crippen LogP contribution in [0.1, 0.15) is 23.2 Å². The molecule has 1 aromatic rings. The average molecular weight is 275 g/mol. The van der Waals surface area contributed by atoms with E-state index < -0.39 is 4.92 Å². The number of nitrogens with zero attached hydrogens (tertiary/aromatic N) is 2. The maximum Gasteiger partial charge on any atom is 0.282 e. The normalized spacial score (nSPS) is 28.4. The summed E-state index contributed by atoms with van der Waals surface area (Å²) in [5.74, 6) is 0.553. The molecule has 0 aromatic heterocycles. The van der Waals surface area contributed by atoms with Gasteiger partial charge in [0, 0.05) is 25.2 Å². The van der Waals surface area contributed by atoms with Crippen LogP contribution in [0.25, 0.3) is 0 Å². The number of likely N-dealkylation sites (tertiary alicyclic amines) is 1. The first kappa shape index (κ1) is 13.1. The summed E-state index contributed by atoms with van der Waals surface area (Å²) in [6, 6.07) is 6.28. The molecule has 2 N–H and O–H groups in total. The number of rotatable bonds is 2. The lowest BCUT2D eigenvalue weighted by Crippen LogP contribution is -2.33. The van der Waals surface area contributed by atoms with Crippen LogP contribution in [-0.2, 0) is 0 Å². The number of nitro groups is 1. The molecule has 1 aromatic carbocycles. The lowest BCUT2D eigenvalue weighted by Gasteiger charge is -2.18. The Hall–Kier alpha value is -1.95. The Balaban J connectivity index is 1.83. The number of fused-ring (bicyclic) bond motifs is 1. The Morgan fingerprint density at radius 3 is 2.75 bits per heavy atom. The molecule has 1 aliphatic heterocycles. The van der Waals surface area contributed by atoms with E-state index in [0.29, 0.717) is 24.9 Å². The number of benzene rings is 1. The SMILES string of the molecule is N[C@@H]1CC[C@@H]2CN(C(=O)c3ccccc3[N+](=O)[O-])C[C@H]21. The standard InChI is InChI=1S/C14H17N3O3/c15-12-6-5-9-7-16(8-11(9)12)14(18)10-3-1-2-4-13(10)17(19)20/h1-4,9,11-12H,5-8,15H2/t9-,11-,12-/m1/s1. The number of amides is 1. The van der Waals surface area contributed by atoms with Crippen LogP contribution in [0, 0.1) is 22.0 Å². The van der Waals surface area contributed by atoms with Gasteiger partial charge < -0.3 is 10.6 Å². The van der Waals surface area contributed by atoms with Gasteiger partial charge in [0.2, 0.25) is 0 Å². The Morgan fingerprint density at radius 2 is 2.05 bits per heavy atom. The van der Waals surface area contributed by atoms with E-state index in [9.17, 15) is 14.9 Å². The molecule has 1 amide bonds. The number of nitro benzene ring substituents is 1. The van der Waals surface area contributed by atoms with Crippen molar-refractivity contribution in [3.05, 3.63) is 39.9 Å². The van der Waals surface area contributed by atoms with Crippen molar-refractivity contribution < 1.29 is 9.72 Å². The highest BCUT2D eigenvalue weighted by Crippen LogP contribution is 2.38. The zero-order valence-electron chi connectivity index (χ0n) is 11.1. The van der Waals surface area contributed by atoms with Crippen molar-refractivity contribution in [2.75, 3.05) is 13.1 Å². The van der Waals surface area contributed by atoms with Crippen molar-refractivity contribution in [3.63, 3.8) is 0 Å². The molecule has 0 bridgehead atoms. The molecule has 0 spiro atoms. The second kappa shape index (κ2) is 4.86. The van der Waals surface area contributed by atoms with E-state index in [1.807, 2.05) is 0 Å². The fourth-order valence-corrected chi connectivity index (χ4v) is 3.46. The van der Waals surface area contributed by atoms with E-state index in [-0.39, 0.29) is 23.2 Å². The van der Waals surface area contributed by atoms with Crippen LogP contribution in [0.5, 0.6) is 0 Å². The van der Waals surface area contributed by atoms with Crippen molar-refractivity contribution in [1.82, 2.24) is 4.90 Å². The molecule has 0 unspecified atom stereocenters. The largest absolute Gasteiger partial charge is 0.338 e. The second-order valence-corrected chi connectivity index (χ2v) is 5.65. The van der Waals surface area contributed by atoms with Crippen LogP contribution >= 0.6 is 0 Å². The number of carbonyl (C=O) groups excluding carboxylic acids is 1. The molecule has 6 heteroatoms. The Bertz CT molecular complexity index is 560. The van der Waals surface area contributed by atoms with Gasteiger partial charge in [0.1, 0.15) is 5.56 Å². The van der Waals surface area contributed by atoms with Crippen molar-refractivity contribution in [2.24, 2.45) is 17.6 Å². The van der Waals surface area contributed by atoms with Crippen LogP contribution in [0.15, 0.2) is 24.3 Å². The molecule has 1 heterocycles. The summed E-state index contributed by atoms with van der Waals surface area (Å²) in [5, 5.41) is 11.0. The third-order valence-corrected chi connectivity index (χ3v) is 4.53. The van der Waals surface area contributed by atoms with Crippen molar-refractivity contribution >= 4 is 11.6 Å². The van der Waals surface area contributed by atoms with E-state index >= 15 is 0 Å². The Morgan fingerprint density at radius 1 is 1.30 bits per heavy atom. The van der Waals surface area contributed by atoms with Gasteiger partial charge in [-0.05, 0) is 30.7 Å². The van der Waals surface area contributed by atoms with Gasteiger partial charge in [0.05, 0.1) is 4.92 Å². The quantitative estimate of drug-likeness (QED) is 0.652. The first-order valence-electron chi connectivity index (χ1n) is 6.86. The predicted octanol–water partition coefficient (Wildman–Crippen LogP) is 1.40. The molecule has 20 heavy (non-hydrogen) atoms. The molecular formula is C14H17N3O3. The van der Waals surface area contributed by atoms with Gasteiger partial charge >= 0.3 is 0 Å². The second-order valence-electron chi connectivity index (χ2n) is 5.65. The molecule has 0 radical (unpaired) electrons. The maximum atomic E-state index is 12.5. The lowest BCUT2D eigenvalue weighted by molar-refractivity contribution is -0.385. The zero-order chi connectivity index (χ0) is 14.3. The van der Waals surface area contributed by atoms with Gasteiger partial charge in [-0.2, -0.15) is 0 Å². The average Bonchev–Trinajstić information content (AvgIpc) is 3.00. The molecule has 1 aliphatic carbocycles. The Kier molecular flexibility index (Phi) is 3.17. The summed E-state index contributed by atoms with van der Waals surface area (Å²) in [6.07, 6.45) is 2.06. The van der Waals surface area contributed by atoms with Gasteiger partial charge in [-0.3, -0.25) is 14.9 Å². The number of para-hydroxylation sites is 1. The van der Waals surface area contributed by atoms with Crippen LogP contribution < -0.4 is 5.73 Å². The van der Waals surface area contributed by atoms with Gasteiger partial charge in [-0.15, -0.1) is 0 Å². The van der Waals surface area contributed by atoms with E-state index in [1.165, 1.54) is 12.1 Å². The molecule has 2 fully saturated rings. The summed E-state index contributed by atoms with van der Waals surface area (Å²) >= 11 is 0. The predicted molar refractivity (Wildman–Crippen MR) is 73.2 cm³/mol. The number of hydrogen-bond donors (Lipinski definition) is 1. The van der Waals surface area contributed by atoms with E-state index in [0.717, 1.165) is 12.8 Å². The summed E-state index contributed by atoms with van der Waals surface area (Å²) in [6.45, 7) is 1.29.